The van der Waals surface area contributed by atoms with Crippen LogP contribution in [0.4, 0.5) is 0 Å². The Kier molecular flexibility index (Phi) is 8.44. The quantitative estimate of drug-likeness (QED) is 0.735. The Hall–Kier alpha value is -1.46. The second-order valence-corrected chi connectivity index (χ2v) is 7.94. The molecule has 1 saturated carbocycles. The fourth-order valence-electron chi connectivity index (χ4n) is 4.50. The fourth-order valence-corrected chi connectivity index (χ4v) is 4.50. The van der Waals surface area contributed by atoms with Gasteiger partial charge in [-0.25, -0.2) is 0 Å². The summed E-state index contributed by atoms with van der Waals surface area (Å²) in [6.45, 7) is 7.21. The van der Waals surface area contributed by atoms with Gasteiger partial charge in [0.15, 0.2) is 11.5 Å². The third-order valence-electron chi connectivity index (χ3n) is 6.10. The number of ether oxygens (including phenoxy) is 2. The van der Waals surface area contributed by atoms with Gasteiger partial charge in [0.05, 0.1) is 13.2 Å². The van der Waals surface area contributed by atoms with Crippen LogP contribution >= 0.6 is 12.4 Å². The first-order chi connectivity index (χ1) is 13.1. The molecule has 1 amide bonds. The van der Waals surface area contributed by atoms with Gasteiger partial charge in [-0.1, -0.05) is 19.3 Å². The maximum absolute atomic E-state index is 13.0. The summed E-state index contributed by atoms with van der Waals surface area (Å²) in [5, 5.41) is 0. The first-order valence-electron chi connectivity index (χ1n) is 10.5. The van der Waals surface area contributed by atoms with Gasteiger partial charge < -0.3 is 20.1 Å². The van der Waals surface area contributed by atoms with Crippen LogP contribution in [0.1, 0.15) is 63.5 Å². The van der Waals surface area contributed by atoms with Gasteiger partial charge in [0.2, 0.25) is 5.91 Å². The Labute approximate surface area is 175 Å². The number of hydrogen-bond donors (Lipinski definition) is 1. The van der Waals surface area contributed by atoms with Gasteiger partial charge in [-0.2, -0.15) is 0 Å². The first-order valence-corrected chi connectivity index (χ1v) is 10.5. The van der Waals surface area contributed by atoms with Crippen molar-refractivity contribution in [3.8, 4) is 11.5 Å². The van der Waals surface area contributed by atoms with E-state index in [4.69, 9.17) is 15.2 Å². The number of carbonyl (C=O) groups is 1. The van der Waals surface area contributed by atoms with E-state index in [0.29, 0.717) is 32.7 Å². The highest BCUT2D eigenvalue weighted by atomic mass is 35.5. The van der Waals surface area contributed by atoms with Gasteiger partial charge >= 0.3 is 0 Å². The van der Waals surface area contributed by atoms with Crippen LogP contribution in [-0.2, 0) is 17.8 Å². The monoisotopic (exact) mass is 410 g/mol. The fraction of sp³-hybridized carbons (Fsp3) is 0.682. The molecule has 5 nitrogen and oxygen atoms in total. The zero-order valence-corrected chi connectivity index (χ0v) is 18.1. The van der Waals surface area contributed by atoms with Gasteiger partial charge in [0.1, 0.15) is 0 Å². The summed E-state index contributed by atoms with van der Waals surface area (Å²) in [4.78, 5) is 15.0. The number of carbonyl (C=O) groups excluding carboxylic acids is 1. The molecule has 3 rings (SSSR count). The van der Waals surface area contributed by atoms with Crippen molar-refractivity contribution < 1.29 is 14.3 Å². The Balaban J connectivity index is 0.00000280. The lowest BCUT2D eigenvalue weighted by molar-refractivity contribution is -0.135. The number of nitrogens with zero attached hydrogens (tertiary/aromatic N) is 1. The highest BCUT2D eigenvalue weighted by molar-refractivity contribution is 5.85. The molecule has 6 heteroatoms. The minimum atomic E-state index is 0. The SMILES string of the molecule is CCOc1cc2c(cc1OCC)CN(C(=O)CC1(CN)CCCCC1)CC2.Cl. The molecule has 2 N–H and O–H groups in total. The molecule has 1 aliphatic heterocycles. The molecular weight excluding hydrogens is 376 g/mol. The van der Waals surface area contributed by atoms with Gasteiger partial charge in [0.25, 0.3) is 0 Å². The lowest BCUT2D eigenvalue weighted by Gasteiger charge is -2.38. The summed E-state index contributed by atoms with van der Waals surface area (Å²) in [5.74, 6) is 1.83. The summed E-state index contributed by atoms with van der Waals surface area (Å²) in [6, 6.07) is 4.15. The minimum Gasteiger partial charge on any atom is -0.490 e. The smallest absolute Gasteiger partial charge is 0.223 e. The third kappa shape index (κ3) is 5.12. The summed E-state index contributed by atoms with van der Waals surface area (Å²) in [5.41, 5.74) is 8.54. The van der Waals surface area contributed by atoms with Crippen LogP contribution in [0.3, 0.4) is 0 Å². The van der Waals surface area contributed by atoms with E-state index in [1.807, 2.05) is 18.7 Å². The van der Waals surface area contributed by atoms with Gasteiger partial charge in [-0.05, 0) is 68.3 Å². The van der Waals surface area contributed by atoms with Gasteiger partial charge in [-0.3, -0.25) is 4.79 Å². The van der Waals surface area contributed by atoms with E-state index >= 15 is 0 Å². The summed E-state index contributed by atoms with van der Waals surface area (Å²) < 4.78 is 11.5. The lowest BCUT2D eigenvalue weighted by atomic mass is 9.71. The van der Waals surface area contributed by atoms with Crippen LogP contribution in [0.25, 0.3) is 0 Å². The van der Waals surface area contributed by atoms with E-state index in [1.165, 1.54) is 30.4 Å². The predicted octanol–water partition coefficient (Wildman–Crippen LogP) is 4.09. The molecule has 158 valence electrons. The summed E-state index contributed by atoms with van der Waals surface area (Å²) >= 11 is 0. The molecule has 1 fully saturated rings. The molecule has 0 radical (unpaired) electrons. The maximum Gasteiger partial charge on any atom is 0.223 e. The van der Waals surface area contributed by atoms with E-state index < -0.39 is 0 Å². The highest BCUT2D eigenvalue weighted by Gasteiger charge is 2.35. The zero-order valence-electron chi connectivity index (χ0n) is 17.3. The van der Waals surface area contributed by atoms with Crippen LogP contribution in [0.15, 0.2) is 12.1 Å². The first kappa shape index (κ1) is 22.8. The number of fused-ring (bicyclic) bond motifs is 1. The van der Waals surface area contributed by atoms with Crippen molar-refractivity contribution in [2.24, 2.45) is 11.1 Å². The van der Waals surface area contributed by atoms with Crippen molar-refractivity contribution in [2.75, 3.05) is 26.3 Å². The Morgan fingerprint density at radius 2 is 1.68 bits per heavy atom. The highest BCUT2D eigenvalue weighted by Crippen LogP contribution is 2.39. The normalized spacial score (nSPS) is 18.0. The molecular formula is C22H35ClN2O3. The second kappa shape index (κ2) is 10.4. The number of benzene rings is 1. The molecule has 2 aliphatic rings. The zero-order chi connectivity index (χ0) is 19.3. The summed E-state index contributed by atoms with van der Waals surface area (Å²) in [7, 11) is 0. The van der Waals surface area contributed by atoms with Crippen molar-refractivity contribution >= 4 is 18.3 Å². The largest absolute Gasteiger partial charge is 0.490 e. The molecule has 0 unspecified atom stereocenters. The van der Waals surface area contributed by atoms with E-state index in [1.54, 1.807) is 0 Å². The molecule has 0 saturated heterocycles. The number of amides is 1. The molecule has 0 bridgehead atoms. The average Bonchev–Trinajstić information content (AvgIpc) is 2.69. The van der Waals surface area contributed by atoms with Crippen molar-refractivity contribution in [1.82, 2.24) is 4.90 Å². The Bertz CT molecular complexity index is 659. The van der Waals surface area contributed by atoms with Crippen molar-refractivity contribution in [3.05, 3.63) is 23.3 Å². The second-order valence-electron chi connectivity index (χ2n) is 7.94. The molecule has 28 heavy (non-hydrogen) atoms. The molecule has 1 heterocycles. The van der Waals surface area contributed by atoms with Crippen LogP contribution in [0, 0.1) is 5.41 Å². The van der Waals surface area contributed by atoms with Crippen molar-refractivity contribution in [3.63, 3.8) is 0 Å². The number of nitrogens with two attached hydrogens (primary N) is 1. The number of rotatable bonds is 7. The topological polar surface area (TPSA) is 64.8 Å². The lowest BCUT2D eigenvalue weighted by Crippen LogP contribution is -2.42. The van der Waals surface area contributed by atoms with Crippen LogP contribution in [-0.4, -0.2) is 37.1 Å². The molecule has 1 aromatic rings. The predicted molar refractivity (Wildman–Crippen MR) is 114 cm³/mol. The van der Waals surface area contributed by atoms with E-state index in [9.17, 15) is 4.79 Å². The van der Waals surface area contributed by atoms with Crippen molar-refractivity contribution in [1.29, 1.82) is 0 Å². The van der Waals surface area contributed by atoms with Gasteiger partial charge in [-0.15, -0.1) is 12.4 Å². The average molecular weight is 411 g/mol. The van der Waals surface area contributed by atoms with Gasteiger partial charge in [0, 0.05) is 19.5 Å². The number of halogens is 1. The third-order valence-corrected chi connectivity index (χ3v) is 6.10. The Morgan fingerprint density at radius 1 is 1.07 bits per heavy atom. The van der Waals surface area contributed by atoms with Crippen LogP contribution in [0.2, 0.25) is 0 Å². The standard InChI is InChI=1S/C22H34N2O3.ClH/c1-3-26-19-12-17-8-11-24(15-18(17)13-20(19)27-4-2)21(25)14-22(16-23)9-6-5-7-10-22;/h12-13H,3-11,14-16,23H2,1-2H3;1H. The molecule has 1 aliphatic carbocycles. The van der Waals surface area contributed by atoms with Crippen LogP contribution in [0.5, 0.6) is 11.5 Å². The maximum atomic E-state index is 13.0. The molecule has 0 spiro atoms. The summed E-state index contributed by atoms with van der Waals surface area (Å²) in [6.07, 6.45) is 7.31. The van der Waals surface area contributed by atoms with Crippen LogP contribution < -0.4 is 15.2 Å². The number of hydrogen-bond acceptors (Lipinski definition) is 4. The Morgan fingerprint density at radius 3 is 2.25 bits per heavy atom. The van der Waals surface area contributed by atoms with Crippen molar-refractivity contribution in [2.45, 2.75) is 65.3 Å². The molecule has 0 atom stereocenters. The molecule has 1 aromatic carbocycles. The van der Waals surface area contributed by atoms with E-state index in [2.05, 4.69) is 12.1 Å². The van der Waals surface area contributed by atoms with E-state index in [0.717, 1.165) is 37.3 Å². The van der Waals surface area contributed by atoms with E-state index in [-0.39, 0.29) is 23.7 Å². The minimum absolute atomic E-state index is 0. The molecule has 0 aromatic heterocycles.